The lowest BCUT2D eigenvalue weighted by molar-refractivity contribution is -0.667. The fourth-order valence-corrected chi connectivity index (χ4v) is 15.8. The van der Waals surface area contributed by atoms with Crippen LogP contribution in [0.3, 0.4) is 0 Å². The fourth-order valence-electron chi connectivity index (χ4n) is 14.8. The summed E-state index contributed by atoms with van der Waals surface area (Å²) in [5.41, 5.74) is 22.8. The summed E-state index contributed by atoms with van der Waals surface area (Å²) in [4.78, 5) is 103. The molecule has 2 fully saturated rings. The van der Waals surface area contributed by atoms with Gasteiger partial charge in [-0.3, -0.25) is 4.79 Å². The van der Waals surface area contributed by atoms with E-state index in [1.807, 2.05) is 84.6 Å². The Morgan fingerprint density at radius 3 is 1.28 bits per heavy atom. The molecule has 0 spiro atoms. The highest BCUT2D eigenvalue weighted by Crippen LogP contribution is 2.50. The molecule has 26 nitrogen and oxygen atoms in total. The van der Waals surface area contributed by atoms with Crippen LogP contribution >= 0.6 is 22.9 Å². The van der Waals surface area contributed by atoms with Crippen molar-refractivity contribution in [2.75, 3.05) is 25.4 Å². The number of furan rings is 3. The van der Waals surface area contributed by atoms with Gasteiger partial charge in [0.05, 0.1) is 65.5 Å². The molecule has 136 heavy (non-hydrogen) atoms. The lowest BCUT2D eigenvalue weighted by atomic mass is 10.00. The second-order valence-corrected chi connectivity index (χ2v) is 35.3. The molecule has 19 rings (SSSR count). The summed E-state index contributed by atoms with van der Waals surface area (Å²) in [7, 11) is 0. The smallest absolute Gasteiger partial charge is 0.392 e. The molecule has 1 saturated carbocycles. The summed E-state index contributed by atoms with van der Waals surface area (Å²) < 4.78 is 100. The number of pyridine rings is 4. The third-order valence-electron chi connectivity index (χ3n) is 22.4. The molecule has 1 aliphatic carbocycles. The van der Waals surface area contributed by atoms with Crippen molar-refractivity contribution in [1.82, 2.24) is 54.7 Å². The molecule has 1 amide bonds. The van der Waals surface area contributed by atoms with Gasteiger partial charge in [0.2, 0.25) is 22.2 Å². The molecule has 35 heteroatoms. The molecule has 1 aliphatic heterocycles. The lowest BCUT2D eigenvalue weighted by Gasteiger charge is -2.30. The van der Waals surface area contributed by atoms with Crippen LogP contribution in [0.2, 0.25) is 5.15 Å². The topological polar surface area (TPSA) is 394 Å². The van der Waals surface area contributed by atoms with Crippen LogP contribution in [-0.2, 0) is 5.41 Å². The van der Waals surface area contributed by atoms with Gasteiger partial charge in [0.25, 0.3) is 5.91 Å². The Labute approximate surface area is 789 Å². The van der Waals surface area contributed by atoms with Gasteiger partial charge in [-0.1, -0.05) is 99.1 Å². The van der Waals surface area contributed by atoms with Crippen molar-refractivity contribution >= 4 is 113 Å². The average Bonchev–Trinajstić information content (AvgIpc) is 1.58. The highest BCUT2D eigenvalue weighted by Gasteiger charge is 2.44. The van der Waals surface area contributed by atoms with Crippen molar-refractivity contribution in [3.63, 3.8) is 0 Å². The quantitative estimate of drug-likeness (QED) is 0.0364. The van der Waals surface area contributed by atoms with Crippen molar-refractivity contribution < 1.29 is 106 Å². The van der Waals surface area contributed by atoms with Gasteiger partial charge in [0.1, 0.15) is 67.3 Å². The number of piperazine rings is 1. The molecule has 0 radical (unpaired) electrons. The van der Waals surface area contributed by atoms with E-state index >= 15 is 0 Å². The Bertz CT molecular complexity index is 6950. The van der Waals surface area contributed by atoms with Crippen LogP contribution in [0, 0.1) is 34.9 Å². The standard InChI is InChI=1S/C22H24FN3O2.C17H13FN2O3.2C16H13FN2O3.C16H13FN2O2S.C14H14ClFN2.ClH/c1-13(2)17-10-18(15-4-6-16(23)7-5-15)25-19-11-20(28-21(17)19)22(27)26-9-8-24-12-14(26)3;1-17(6-7-17)14-13-11(8-12(23-13)16(21)22)19-15(20-14)9-2-4-10(18)5-3-9;1-8(2)13-14-11(7-12(22-14)16(20)21)18-15(19-13)9-3-5-10(17)6-4-9;2*1-8(2)11-7-12(9-3-5-10(17)6-4-9)18-14-13(11)19-15(22-14)16(20)21;1-8(2)11-7-12(18-14(15)13(11)17)9-3-5-10(16)6-4-9;/h4-7,10-11,13-14,24H,8-9,12H2,1-3H3;2-5,8H,6-7H2,1H3,(H,21,22);3*3-8H,1-2H3,(H,20,21);3-8H,17H2,1-2H3;1H/t14-;;;;;;/m0....../s1. The van der Waals surface area contributed by atoms with E-state index < -0.39 is 23.9 Å². The number of nitrogens with two attached hydrogens (primary N) is 2. The Balaban J connectivity index is 0.000000138. The highest BCUT2D eigenvalue weighted by molar-refractivity contribution is 7.19. The number of aromatic carboxylic acids is 4. The number of carbonyl (C=O) groups excluding carboxylic acids is 1. The molecule has 1 saturated heterocycles. The third kappa shape index (κ3) is 22.7. The predicted octanol–water partition coefficient (Wildman–Crippen LogP) is 20.2. The van der Waals surface area contributed by atoms with E-state index in [1.165, 1.54) is 84.9 Å². The number of rotatable bonds is 17. The number of carboxylic acid groups (broad SMARTS) is 4. The van der Waals surface area contributed by atoms with Crippen LogP contribution in [0.15, 0.2) is 206 Å². The number of amides is 1. The van der Waals surface area contributed by atoms with Crippen LogP contribution in [0.4, 0.5) is 32.0 Å². The van der Waals surface area contributed by atoms with Crippen molar-refractivity contribution in [3.8, 4) is 67.8 Å². The molecule has 2 aliphatic rings. The average molecular weight is 1910 g/mol. The number of thiazole rings is 1. The maximum Gasteiger partial charge on any atom is 0.392 e. The number of carboxylic acids is 4. The van der Waals surface area contributed by atoms with Gasteiger partial charge < -0.3 is 66.5 Å². The summed E-state index contributed by atoms with van der Waals surface area (Å²) in [6.07, 6.45) is 1.93. The number of halogens is 8. The number of aromatic nitrogens is 10. The summed E-state index contributed by atoms with van der Waals surface area (Å²) in [6, 6.07) is 48.4. The third-order valence-corrected chi connectivity index (χ3v) is 23.6. The zero-order chi connectivity index (χ0) is 96.9. The fraction of sp³-hybridized carbons (Fsp3) is 0.238. The van der Waals surface area contributed by atoms with Gasteiger partial charge in [-0.25, -0.2) is 95.4 Å². The van der Waals surface area contributed by atoms with E-state index in [0.717, 1.165) is 87.5 Å². The Kier molecular flexibility index (Phi) is 30.4. The van der Waals surface area contributed by atoms with Gasteiger partial charge >= 0.3 is 29.8 Å². The first-order valence-corrected chi connectivity index (χ1v) is 44.2. The molecule has 0 unspecified atom stereocenters. The molecular formula is C101H91Cl2F6N13O13S. The van der Waals surface area contributed by atoms with Crippen LogP contribution in [0.25, 0.3) is 123 Å². The van der Waals surface area contributed by atoms with Crippen molar-refractivity contribution in [2.45, 2.75) is 137 Å². The lowest BCUT2D eigenvalue weighted by Crippen LogP contribution is -3.00. The van der Waals surface area contributed by atoms with Crippen molar-refractivity contribution in [3.05, 3.63) is 290 Å². The number of benzene rings is 6. The van der Waals surface area contributed by atoms with Gasteiger partial charge in [-0.05, 0) is 236 Å². The minimum Gasteiger partial charge on any atom is -1.00 e. The molecule has 8 N–H and O–H groups in total. The van der Waals surface area contributed by atoms with Gasteiger partial charge in [0.15, 0.2) is 39.3 Å². The maximum absolute atomic E-state index is 13.3. The Morgan fingerprint density at radius 1 is 0.441 bits per heavy atom. The number of nitrogens with zero attached hydrogens (tertiary/aromatic N) is 11. The Morgan fingerprint density at radius 2 is 0.838 bits per heavy atom. The first kappa shape index (κ1) is 98.8. The van der Waals surface area contributed by atoms with E-state index in [4.69, 9.17) is 60.4 Å². The second kappa shape index (κ2) is 41.9. The first-order valence-electron chi connectivity index (χ1n) is 43.0. The van der Waals surface area contributed by atoms with Crippen LogP contribution in [0.5, 0.6) is 0 Å². The molecule has 0 bridgehead atoms. The number of hydrogen-bond donors (Lipinski definition) is 6. The van der Waals surface area contributed by atoms with E-state index in [9.17, 15) is 50.3 Å². The predicted molar refractivity (Wildman–Crippen MR) is 500 cm³/mol. The number of nitrogen functional groups attached to an aromatic ring is 1. The molecule has 17 aromatic rings. The molecule has 6 aromatic carbocycles. The summed E-state index contributed by atoms with van der Waals surface area (Å²) in [5, 5.41) is 38.8. The van der Waals surface area contributed by atoms with E-state index in [0.29, 0.717) is 124 Å². The number of anilines is 1. The molecular weight excluding hydrogens is 1820 g/mol. The van der Waals surface area contributed by atoms with Crippen molar-refractivity contribution in [2.24, 2.45) is 0 Å². The maximum atomic E-state index is 13.3. The van der Waals surface area contributed by atoms with Crippen LogP contribution in [0.1, 0.15) is 211 Å². The zero-order valence-electron chi connectivity index (χ0n) is 75.4. The van der Waals surface area contributed by atoms with Crippen molar-refractivity contribution in [1.29, 1.82) is 0 Å². The van der Waals surface area contributed by atoms with Crippen LogP contribution < -0.4 is 23.5 Å². The van der Waals surface area contributed by atoms with Gasteiger partial charge in [-0.15, -0.1) is 0 Å². The largest absolute Gasteiger partial charge is 1.00 e. The molecule has 700 valence electrons. The molecule has 12 heterocycles. The highest BCUT2D eigenvalue weighted by atomic mass is 35.5. The molecule has 11 aromatic heterocycles. The van der Waals surface area contributed by atoms with E-state index in [1.54, 1.807) is 78.9 Å². The number of oxazole rings is 1. The van der Waals surface area contributed by atoms with Crippen LogP contribution in [-0.4, -0.2) is 131 Å². The summed E-state index contributed by atoms with van der Waals surface area (Å²) in [5.74, 6) is -5.33. The number of quaternary nitrogens is 1. The minimum absolute atomic E-state index is 0. The molecule has 1 atom stereocenters. The monoisotopic (exact) mass is 1910 g/mol. The van der Waals surface area contributed by atoms with Gasteiger partial charge in [0, 0.05) is 62.6 Å². The summed E-state index contributed by atoms with van der Waals surface area (Å²) in [6.45, 7) is 26.7. The van der Waals surface area contributed by atoms with E-state index in [-0.39, 0.29) is 122 Å². The first-order chi connectivity index (χ1) is 64.2. The number of fused-ring (bicyclic) bond motifs is 5. The Hall–Kier alpha value is -14.7. The number of carbonyl (C=O) groups is 5. The second-order valence-electron chi connectivity index (χ2n) is 34.0. The summed E-state index contributed by atoms with van der Waals surface area (Å²) >= 11 is 7.09. The van der Waals surface area contributed by atoms with E-state index in [2.05, 4.69) is 77.9 Å². The van der Waals surface area contributed by atoms with Gasteiger partial charge in [-0.2, -0.15) is 0 Å². The SMILES string of the molecule is CC(C)c1cc(-c2ccc(F)cc2)nc(Cl)c1N.CC(C)c1cc(-c2ccc(F)cc2)nc2cc(C(=O)N3CC[NH2+]C[C@@H]3C)oc12.CC(C)c1cc(-c2ccc(F)cc2)nc2oc(C(=O)O)nc12.CC(C)c1cc(-c2ccc(F)cc2)nc2sc(C(=O)O)nc12.CC(C)c1nc(-c2ccc(F)cc2)nc2cc(C(=O)O)oc12.CC1(c2nc(-c3ccc(F)cc3)nc3cc(C(=O)O)oc23)CC1.[Cl-]. The number of hydrogen-bond acceptors (Lipinski definition) is 21. The normalized spacial score (nSPS) is 13.2. The zero-order valence-corrected chi connectivity index (χ0v) is 77.7. The minimum atomic E-state index is -1.24.